The zero-order valence-corrected chi connectivity index (χ0v) is 12.7. The van der Waals surface area contributed by atoms with Gasteiger partial charge in [-0.15, -0.1) is 0 Å². The van der Waals surface area contributed by atoms with Crippen LogP contribution < -0.4 is 5.32 Å². The van der Waals surface area contributed by atoms with E-state index < -0.39 is 17.5 Å². The maximum absolute atomic E-state index is 13.7. The predicted molar refractivity (Wildman–Crippen MR) is 78.2 cm³/mol. The second kappa shape index (κ2) is 6.33. The van der Waals surface area contributed by atoms with Crippen LogP contribution in [-0.2, 0) is 4.79 Å². The summed E-state index contributed by atoms with van der Waals surface area (Å²) >= 11 is 0. The third-order valence-corrected chi connectivity index (χ3v) is 3.06. The number of carbonyl (C=O) groups excluding carboxylic acids is 1. The molecule has 0 heterocycles. The van der Waals surface area contributed by atoms with Gasteiger partial charge in [0, 0.05) is 6.54 Å². The van der Waals surface area contributed by atoms with E-state index in [9.17, 15) is 14.3 Å². The van der Waals surface area contributed by atoms with Crippen molar-refractivity contribution in [1.29, 1.82) is 0 Å². The van der Waals surface area contributed by atoms with Crippen molar-refractivity contribution < 1.29 is 14.3 Å². The number of aryl methyl sites for hydroxylation is 1. The van der Waals surface area contributed by atoms with Crippen molar-refractivity contribution in [2.75, 3.05) is 18.9 Å². The summed E-state index contributed by atoms with van der Waals surface area (Å²) in [6, 6.07) is 4.19. The molecule has 20 heavy (non-hydrogen) atoms. The number of benzene rings is 1. The summed E-state index contributed by atoms with van der Waals surface area (Å²) in [4.78, 5) is 13.8. The lowest BCUT2D eigenvalue weighted by Gasteiger charge is -2.29. The number of nitrogens with zero attached hydrogens (tertiary/aromatic N) is 1. The number of amides is 1. The van der Waals surface area contributed by atoms with E-state index in [2.05, 4.69) is 5.32 Å². The van der Waals surface area contributed by atoms with E-state index in [0.717, 1.165) is 5.56 Å². The first-order valence-electron chi connectivity index (χ1n) is 6.60. The van der Waals surface area contributed by atoms with E-state index in [-0.39, 0.29) is 11.6 Å². The van der Waals surface area contributed by atoms with Gasteiger partial charge in [-0.25, -0.2) is 4.39 Å². The molecule has 5 heteroatoms. The highest BCUT2D eigenvalue weighted by Gasteiger charge is 2.24. The van der Waals surface area contributed by atoms with Crippen LogP contribution in [0.15, 0.2) is 18.2 Å². The first-order chi connectivity index (χ1) is 9.10. The van der Waals surface area contributed by atoms with E-state index in [4.69, 9.17) is 0 Å². The number of halogens is 1. The zero-order valence-electron chi connectivity index (χ0n) is 12.7. The van der Waals surface area contributed by atoms with Crippen LogP contribution in [0.25, 0.3) is 0 Å². The van der Waals surface area contributed by atoms with Crippen LogP contribution in [0.3, 0.4) is 0 Å². The number of hydrogen-bond acceptors (Lipinski definition) is 3. The van der Waals surface area contributed by atoms with Crippen LogP contribution in [0.5, 0.6) is 0 Å². The summed E-state index contributed by atoms with van der Waals surface area (Å²) in [5.74, 6) is -0.754. The number of anilines is 1. The van der Waals surface area contributed by atoms with Gasteiger partial charge in [-0.3, -0.25) is 9.69 Å². The Balaban J connectivity index is 2.70. The van der Waals surface area contributed by atoms with Crippen LogP contribution in [0.4, 0.5) is 10.1 Å². The van der Waals surface area contributed by atoms with Gasteiger partial charge in [0.25, 0.3) is 0 Å². The third-order valence-electron chi connectivity index (χ3n) is 3.06. The molecule has 1 amide bonds. The zero-order chi connectivity index (χ0) is 15.5. The molecule has 1 atom stereocenters. The minimum atomic E-state index is -0.890. The summed E-state index contributed by atoms with van der Waals surface area (Å²) in [5.41, 5.74) is 0.0788. The molecular formula is C15H23FN2O2. The lowest BCUT2D eigenvalue weighted by molar-refractivity contribution is -0.121. The molecule has 112 valence electrons. The fraction of sp³-hybridized carbons (Fsp3) is 0.533. The number of hydrogen-bond donors (Lipinski definition) is 2. The molecule has 0 saturated carbocycles. The molecule has 2 N–H and O–H groups in total. The Labute approximate surface area is 119 Å². The molecule has 0 aromatic heterocycles. The number of aliphatic hydroxyl groups is 1. The Morgan fingerprint density at radius 1 is 1.50 bits per heavy atom. The predicted octanol–water partition coefficient (Wildman–Crippen LogP) is 2.16. The molecule has 0 aliphatic heterocycles. The topological polar surface area (TPSA) is 52.6 Å². The standard InChI is InChI=1S/C15H23FN2O2/c1-10-6-7-13(12(16)8-10)17-14(19)11(2)18(5)9-15(3,4)20/h6-8,11,20H,9H2,1-5H3,(H,17,19). The van der Waals surface area contributed by atoms with Gasteiger partial charge in [-0.1, -0.05) is 6.07 Å². The van der Waals surface area contributed by atoms with Gasteiger partial charge in [0.05, 0.1) is 17.3 Å². The van der Waals surface area contributed by atoms with Gasteiger partial charge >= 0.3 is 0 Å². The monoisotopic (exact) mass is 282 g/mol. The molecular weight excluding hydrogens is 259 g/mol. The summed E-state index contributed by atoms with van der Waals surface area (Å²) in [5, 5.41) is 12.3. The summed E-state index contributed by atoms with van der Waals surface area (Å²) in [7, 11) is 1.74. The summed E-state index contributed by atoms with van der Waals surface area (Å²) < 4.78 is 13.7. The van der Waals surface area contributed by atoms with Crippen molar-refractivity contribution in [2.24, 2.45) is 0 Å². The van der Waals surface area contributed by atoms with E-state index in [1.807, 2.05) is 0 Å². The molecule has 1 aromatic rings. The first-order valence-corrected chi connectivity index (χ1v) is 6.60. The SMILES string of the molecule is Cc1ccc(NC(=O)C(C)N(C)CC(C)(C)O)c(F)c1. The normalized spacial score (nSPS) is 13.4. The Hall–Kier alpha value is -1.46. The molecule has 4 nitrogen and oxygen atoms in total. The lowest BCUT2D eigenvalue weighted by Crippen LogP contribution is -2.46. The average molecular weight is 282 g/mol. The van der Waals surface area contributed by atoms with Crippen LogP contribution >= 0.6 is 0 Å². The number of likely N-dealkylation sites (N-methyl/N-ethyl adjacent to an activating group) is 1. The minimum absolute atomic E-state index is 0.170. The minimum Gasteiger partial charge on any atom is -0.389 e. The van der Waals surface area contributed by atoms with Gasteiger partial charge in [0.1, 0.15) is 5.82 Å². The maximum Gasteiger partial charge on any atom is 0.241 e. The van der Waals surface area contributed by atoms with Crippen LogP contribution in [-0.4, -0.2) is 41.1 Å². The molecule has 0 saturated heterocycles. The van der Waals surface area contributed by atoms with Crippen molar-refractivity contribution in [2.45, 2.75) is 39.3 Å². The van der Waals surface area contributed by atoms with E-state index in [1.54, 1.807) is 51.8 Å². The van der Waals surface area contributed by atoms with Gasteiger partial charge in [-0.2, -0.15) is 0 Å². The van der Waals surface area contributed by atoms with Crippen molar-refractivity contribution in [3.8, 4) is 0 Å². The van der Waals surface area contributed by atoms with Crippen molar-refractivity contribution in [3.63, 3.8) is 0 Å². The quantitative estimate of drug-likeness (QED) is 0.870. The second-order valence-corrected chi connectivity index (χ2v) is 5.88. The van der Waals surface area contributed by atoms with E-state index in [0.29, 0.717) is 6.54 Å². The molecule has 1 aromatic carbocycles. The molecule has 1 unspecified atom stereocenters. The Kier molecular flexibility index (Phi) is 5.25. The number of rotatable bonds is 5. The number of carbonyl (C=O) groups is 1. The Morgan fingerprint density at radius 3 is 2.60 bits per heavy atom. The highest BCUT2D eigenvalue weighted by molar-refractivity contribution is 5.94. The Bertz CT molecular complexity index is 483. The molecule has 0 spiro atoms. The summed E-state index contributed by atoms with van der Waals surface area (Å²) in [6.45, 7) is 7.20. The van der Waals surface area contributed by atoms with Gasteiger partial charge in [-0.05, 0) is 52.4 Å². The van der Waals surface area contributed by atoms with E-state index >= 15 is 0 Å². The Morgan fingerprint density at radius 2 is 2.10 bits per heavy atom. The number of nitrogens with one attached hydrogen (secondary N) is 1. The summed E-state index contributed by atoms with van der Waals surface area (Å²) in [6.07, 6.45) is 0. The molecule has 0 fully saturated rings. The molecule has 0 aliphatic carbocycles. The van der Waals surface area contributed by atoms with Crippen molar-refractivity contribution in [3.05, 3.63) is 29.6 Å². The third kappa shape index (κ3) is 4.90. The average Bonchev–Trinajstić information content (AvgIpc) is 2.29. The van der Waals surface area contributed by atoms with Crippen LogP contribution in [0.2, 0.25) is 0 Å². The smallest absolute Gasteiger partial charge is 0.241 e. The molecule has 0 aliphatic rings. The fourth-order valence-electron chi connectivity index (χ4n) is 1.91. The maximum atomic E-state index is 13.7. The highest BCUT2D eigenvalue weighted by Crippen LogP contribution is 2.16. The molecule has 0 radical (unpaired) electrons. The van der Waals surface area contributed by atoms with Gasteiger partial charge < -0.3 is 10.4 Å². The van der Waals surface area contributed by atoms with Gasteiger partial charge in [0.15, 0.2) is 0 Å². The van der Waals surface area contributed by atoms with Crippen LogP contribution in [0.1, 0.15) is 26.3 Å². The fourth-order valence-corrected chi connectivity index (χ4v) is 1.91. The first kappa shape index (κ1) is 16.6. The van der Waals surface area contributed by atoms with Crippen LogP contribution in [0, 0.1) is 12.7 Å². The lowest BCUT2D eigenvalue weighted by atomic mass is 10.1. The highest BCUT2D eigenvalue weighted by atomic mass is 19.1. The van der Waals surface area contributed by atoms with Crippen molar-refractivity contribution >= 4 is 11.6 Å². The largest absolute Gasteiger partial charge is 0.389 e. The van der Waals surface area contributed by atoms with Gasteiger partial charge in [0.2, 0.25) is 5.91 Å². The second-order valence-electron chi connectivity index (χ2n) is 5.88. The van der Waals surface area contributed by atoms with Crippen molar-refractivity contribution in [1.82, 2.24) is 4.90 Å². The molecule has 1 rings (SSSR count). The molecule has 0 bridgehead atoms. The van der Waals surface area contributed by atoms with E-state index in [1.165, 1.54) is 6.07 Å².